The third-order valence-corrected chi connectivity index (χ3v) is 2.77. The average molecular weight is 257 g/mol. The minimum absolute atomic E-state index is 0.235. The Morgan fingerprint density at radius 2 is 1.94 bits per heavy atom. The molecule has 84 valence electrons. The number of benzene rings is 1. The first-order valence-corrected chi connectivity index (χ1v) is 5.51. The lowest BCUT2D eigenvalue weighted by Gasteiger charge is -2.07. The Morgan fingerprint density at radius 3 is 2.50 bits per heavy atom. The molecule has 0 atom stereocenters. The summed E-state index contributed by atoms with van der Waals surface area (Å²) in [7, 11) is 0. The van der Waals surface area contributed by atoms with E-state index in [1.807, 2.05) is 30.3 Å². The van der Waals surface area contributed by atoms with Gasteiger partial charge in [-0.2, -0.15) is 0 Å². The Morgan fingerprint density at radius 1 is 1.25 bits per heavy atom. The van der Waals surface area contributed by atoms with Crippen molar-refractivity contribution in [2.24, 2.45) is 0 Å². The van der Waals surface area contributed by atoms with Crippen LogP contribution in [0.15, 0.2) is 30.3 Å². The van der Waals surface area contributed by atoms with Gasteiger partial charge >= 0.3 is 0 Å². The van der Waals surface area contributed by atoms with Crippen molar-refractivity contribution in [3.8, 4) is 0 Å². The molecule has 0 N–H and O–H groups in total. The summed E-state index contributed by atoms with van der Waals surface area (Å²) in [6.45, 7) is 2.17. The molecule has 2 aromatic rings. The molecule has 0 saturated heterocycles. The van der Waals surface area contributed by atoms with Crippen molar-refractivity contribution in [2.75, 3.05) is 0 Å². The van der Waals surface area contributed by atoms with E-state index in [1.165, 1.54) is 4.73 Å². The summed E-state index contributed by atoms with van der Waals surface area (Å²) in [5, 5.41) is 0.638. The average Bonchev–Trinajstić information content (AvgIpc) is 2.53. The molecular formula is C11H10Cl2N2O. The first-order chi connectivity index (χ1) is 7.68. The fraction of sp³-hybridized carbons (Fsp3) is 0.182. The Labute approximate surface area is 104 Å². The zero-order valence-electron chi connectivity index (χ0n) is 8.65. The van der Waals surface area contributed by atoms with Crippen molar-refractivity contribution in [3.63, 3.8) is 0 Å². The SMILES string of the molecule is Cc1nc(Cl)n(OCc2ccccc2)c1Cl. The van der Waals surface area contributed by atoms with Crippen molar-refractivity contribution in [1.82, 2.24) is 9.71 Å². The molecule has 0 aliphatic rings. The molecule has 0 spiro atoms. The van der Waals surface area contributed by atoms with E-state index in [2.05, 4.69) is 4.98 Å². The molecule has 0 radical (unpaired) electrons. The molecule has 5 heteroatoms. The maximum atomic E-state index is 5.97. The molecule has 0 bridgehead atoms. The van der Waals surface area contributed by atoms with Crippen LogP contribution in [0.3, 0.4) is 0 Å². The number of halogens is 2. The first-order valence-electron chi connectivity index (χ1n) is 4.76. The molecule has 0 saturated carbocycles. The number of hydrogen-bond acceptors (Lipinski definition) is 2. The van der Waals surface area contributed by atoms with Crippen LogP contribution in [0.25, 0.3) is 0 Å². The minimum atomic E-state index is 0.235. The fourth-order valence-corrected chi connectivity index (χ4v) is 1.76. The van der Waals surface area contributed by atoms with Crippen LogP contribution < -0.4 is 4.84 Å². The Hall–Kier alpha value is -1.19. The van der Waals surface area contributed by atoms with Crippen molar-refractivity contribution in [2.45, 2.75) is 13.5 Å². The van der Waals surface area contributed by atoms with Gasteiger partial charge in [-0.05, 0) is 24.1 Å². The highest BCUT2D eigenvalue weighted by molar-refractivity contribution is 6.33. The largest absolute Gasteiger partial charge is 0.405 e. The van der Waals surface area contributed by atoms with Crippen LogP contribution in [0.2, 0.25) is 10.4 Å². The Kier molecular flexibility index (Phi) is 3.36. The number of aryl methyl sites for hydroxylation is 1. The van der Waals surface area contributed by atoms with Gasteiger partial charge in [0.05, 0.1) is 5.69 Å². The fourth-order valence-electron chi connectivity index (χ4n) is 1.28. The maximum Gasteiger partial charge on any atom is 0.238 e. The van der Waals surface area contributed by atoms with E-state index < -0.39 is 0 Å². The third kappa shape index (κ3) is 2.31. The summed E-state index contributed by atoms with van der Waals surface area (Å²) in [6.07, 6.45) is 0. The summed E-state index contributed by atoms with van der Waals surface area (Å²) >= 11 is 11.8. The predicted octanol–water partition coefficient (Wildman–Crippen LogP) is 3.13. The zero-order chi connectivity index (χ0) is 11.5. The molecule has 1 aromatic carbocycles. The number of hydrogen-bond donors (Lipinski definition) is 0. The molecule has 1 heterocycles. The summed E-state index contributed by atoms with van der Waals surface area (Å²) in [6, 6.07) is 9.77. The smallest absolute Gasteiger partial charge is 0.238 e. The highest BCUT2D eigenvalue weighted by Crippen LogP contribution is 2.19. The van der Waals surface area contributed by atoms with E-state index in [9.17, 15) is 0 Å². The molecule has 1 aromatic heterocycles. The van der Waals surface area contributed by atoms with Gasteiger partial charge in [0.1, 0.15) is 6.61 Å². The van der Waals surface area contributed by atoms with Gasteiger partial charge in [0.25, 0.3) is 0 Å². The maximum absolute atomic E-state index is 5.97. The van der Waals surface area contributed by atoms with E-state index in [0.29, 0.717) is 17.5 Å². The topological polar surface area (TPSA) is 27.1 Å². The molecule has 0 amide bonds. The van der Waals surface area contributed by atoms with Crippen molar-refractivity contribution in [3.05, 3.63) is 52.0 Å². The van der Waals surface area contributed by atoms with E-state index in [1.54, 1.807) is 6.92 Å². The second kappa shape index (κ2) is 4.76. The Balaban J connectivity index is 2.11. The normalized spacial score (nSPS) is 10.4. The minimum Gasteiger partial charge on any atom is -0.405 e. The predicted molar refractivity (Wildman–Crippen MR) is 63.7 cm³/mol. The van der Waals surface area contributed by atoms with Crippen LogP contribution >= 0.6 is 23.2 Å². The van der Waals surface area contributed by atoms with Gasteiger partial charge in [-0.15, -0.1) is 4.73 Å². The van der Waals surface area contributed by atoms with E-state index in [4.69, 9.17) is 28.0 Å². The van der Waals surface area contributed by atoms with Gasteiger partial charge in [-0.1, -0.05) is 41.9 Å². The van der Waals surface area contributed by atoms with Crippen LogP contribution in [-0.4, -0.2) is 9.71 Å². The summed E-state index contributed by atoms with van der Waals surface area (Å²) in [5.41, 5.74) is 1.70. The van der Waals surface area contributed by atoms with Crippen molar-refractivity contribution >= 4 is 23.2 Å². The second-order valence-electron chi connectivity index (χ2n) is 3.31. The quantitative estimate of drug-likeness (QED) is 0.844. The highest BCUT2D eigenvalue weighted by atomic mass is 35.5. The Bertz CT molecular complexity index is 482. The van der Waals surface area contributed by atoms with Gasteiger partial charge < -0.3 is 4.84 Å². The van der Waals surface area contributed by atoms with Crippen LogP contribution in [0.4, 0.5) is 0 Å². The molecule has 0 unspecified atom stereocenters. The molecule has 0 aliphatic heterocycles. The highest BCUT2D eigenvalue weighted by Gasteiger charge is 2.11. The van der Waals surface area contributed by atoms with Crippen LogP contribution in [0.1, 0.15) is 11.3 Å². The molecular weight excluding hydrogens is 247 g/mol. The van der Waals surface area contributed by atoms with Gasteiger partial charge in [0, 0.05) is 0 Å². The first kappa shape index (κ1) is 11.3. The van der Waals surface area contributed by atoms with E-state index in [0.717, 1.165) is 5.56 Å². The molecule has 3 nitrogen and oxygen atoms in total. The van der Waals surface area contributed by atoms with Gasteiger partial charge in [0.2, 0.25) is 5.28 Å². The molecule has 0 aliphatic carbocycles. The number of nitrogens with zero attached hydrogens (tertiary/aromatic N) is 2. The van der Waals surface area contributed by atoms with Crippen LogP contribution in [0.5, 0.6) is 0 Å². The van der Waals surface area contributed by atoms with E-state index >= 15 is 0 Å². The standard InChI is InChI=1S/C11H10Cl2N2O/c1-8-10(12)15(11(13)14-8)16-7-9-5-3-2-4-6-9/h2-6H,7H2,1H3. The number of rotatable bonds is 3. The van der Waals surface area contributed by atoms with Crippen LogP contribution in [-0.2, 0) is 6.61 Å². The lowest BCUT2D eigenvalue weighted by Crippen LogP contribution is -2.11. The summed E-state index contributed by atoms with van der Waals surface area (Å²) in [5.74, 6) is 0. The molecule has 0 fully saturated rings. The summed E-state index contributed by atoms with van der Waals surface area (Å²) < 4.78 is 1.32. The monoisotopic (exact) mass is 256 g/mol. The molecule has 2 rings (SSSR count). The van der Waals surface area contributed by atoms with Crippen LogP contribution in [0, 0.1) is 6.92 Å². The number of aromatic nitrogens is 2. The lowest BCUT2D eigenvalue weighted by atomic mass is 10.2. The number of imidazole rings is 1. The summed E-state index contributed by atoms with van der Waals surface area (Å²) in [4.78, 5) is 9.46. The second-order valence-corrected chi connectivity index (χ2v) is 4.01. The zero-order valence-corrected chi connectivity index (χ0v) is 10.2. The van der Waals surface area contributed by atoms with Gasteiger partial charge in [0.15, 0.2) is 5.15 Å². The van der Waals surface area contributed by atoms with Gasteiger partial charge in [-0.25, -0.2) is 4.98 Å². The van der Waals surface area contributed by atoms with Gasteiger partial charge in [-0.3, -0.25) is 0 Å². The van der Waals surface area contributed by atoms with E-state index in [-0.39, 0.29) is 5.28 Å². The lowest BCUT2D eigenvalue weighted by molar-refractivity contribution is 0.0980. The van der Waals surface area contributed by atoms with Crippen molar-refractivity contribution in [1.29, 1.82) is 0 Å². The molecule has 16 heavy (non-hydrogen) atoms. The van der Waals surface area contributed by atoms with Crippen molar-refractivity contribution < 1.29 is 4.84 Å². The third-order valence-electron chi connectivity index (χ3n) is 2.11.